The number of carbonyl (C=O) groups excluding carboxylic acids is 1. The van der Waals surface area contributed by atoms with Crippen LogP contribution in [0.3, 0.4) is 0 Å². The standard InChI is InChI=1S/C14H19ClFN3O2/c15-12-2-1-11(7-13(12)16)21-9-14(20)18-19-5-3-10(8-17)4-6-19/h1-2,7,10H,3-6,8-9,17H2,(H,18,20). The van der Waals surface area contributed by atoms with Crippen LogP contribution < -0.4 is 15.9 Å². The van der Waals surface area contributed by atoms with Crippen molar-refractivity contribution in [3.05, 3.63) is 29.0 Å². The van der Waals surface area contributed by atoms with Crippen LogP contribution in [-0.4, -0.2) is 37.2 Å². The van der Waals surface area contributed by atoms with Gasteiger partial charge in [0.05, 0.1) is 5.02 Å². The normalized spacial score (nSPS) is 16.7. The lowest BCUT2D eigenvalue weighted by Crippen LogP contribution is -2.48. The third-order valence-corrected chi connectivity index (χ3v) is 3.80. The van der Waals surface area contributed by atoms with E-state index >= 15 is 0 Å². The first-order valence-electron chi connectivity index (χ1n) is 6.91. The molecule has 0 aromatic heterocycles. The summed E-state index contributed by atoms with van der Waals surface area (Å²) in [4.78, 5) is 11.8. The predicted molar refractivity (Wildman–Crippen MR) is 78.4 cm³/mol. The fourth-order valence-corrected chi connectivity index (χ4v) is 2.32. The quantitative estimate of drug-likeness (QED) is 0.865. The molecule has 1 aliphatic rings. The van der Waals surface area contributed by atoms with E-state index in [4.69, 9.17) is 22.1 Å². The van der Waals surface area contributed by atoms with Gasteiger partial charge in [0.15, 0.2) is 6.61 Å². The highest BCUT2D eigenvalue weighted by Gasteiger charge is 2.19. The minimum Gasteiger partial charge on any atom is -0.484 e. The maximum atomic E-state index is 13.2. The Kier molecular flexibility index (Phi) is 5.78. The topological polar surface area (TPSA) is 67.6 Å². The number of nitrogens with one attached hydrogen (secondary N) is 1. The van der Waals surface area contributed by atoms with Gasteiger partial charge in [0.2, 0.25) is 0 Å². The molecular formula is C14H19ClFN3O2. The molecule has 1 aromatic carbocycles. The molecule has 0 radical (unpaired) electrons. The summed E-state index contributed by atoms with van der Waals surface area (Å²) < 4.78 is 18.4. The maximum absolute atomic E-state index is 13.2. The molecule has 1 amide bonds. The van der Waals surface area contributed by atoms with Gasteiger partial charge in [-0.2, -0.15) is 0 Å². The van der Waals surface area contributed by atoms with Gasteiger partial charge in [-0.1, -0.05) is 11.6 Å². The number of nitrogens with zero attached hydrogens (tertiary/aromatic N) is 1. The molecule has 0 saturated carbocycles. The van der Waals surface area contributed by atoms with Gasteiger partial charge in [0.1, 0.15) is 11.6 Å². The fourth-order valence-electron chi connectivity index (χ4n) is 2.20. The molecule has 0 aliphatic carbocycles. The number of piperidine rings is 1. The number of halogens is 2. The Balaban J connectivity index is 1.73. The maximum Gasteiger partial charge on any atom is 0.272 e. The van der Waals surface area contributed by atoms with Crippen molar-refractivity contribution in [2.24, 2.45) is 11.7 Å². The number of hydrazine groups is 1. The summed E-state index contributed by atoms with van der Waals surface area (Å²) in [5, 5.41) is 1.88. The Hall–Kier alpha value is -1.37. The molecule has 1 saturated heterocycles. The van der Waals surface area contributed by atoms with Crippen molar-refractivity contribution in [3.63, 3.8) is 0 Å². The van der Waals surface area contributed by atoms with Gasteiger partial charge >= 0.3 is 0 Å². The van der Waals surface area contributed by atoms with Crippen molar-refractivity contribution in [2.45, 2.75) is 12.8 Å². The lowest BCUT2D eigenvalue weighted by Gasteiger charge is -2.31. The first kappa shape index (κ1) is 16.0. The summed E-state index contributed by atoms with van der Waals surface area (Å²) in [7, 11) is 0. The number of carbonyl (C=O) groups is 1. The largest absolute Gasteiger partial charge is 0.484 e. The first-order chi connectivity index (χ1) is 10.1. The molecule has 2 rings (SSSR count). The number of hydrogen-bond donors (Lipinski definition) is 2. The molecule has 0 unspecified atom stereocenters. The molecule has 3 N–H and O–H groups in total. The highest BCUT2D eigenvalue weighted by atomic mass is 35.5. The van der Waals surface area contributed by atoms with Crippen LogP contribution in [0, 0.1) is 11.7 Å². The Labute approximate surface area is 128 Å². The van der Waals surface area contributed by atoms with Gasteiger partial charge in [0.25, 0.3) is 5.91 Å². The van der Waals surface area contributed by atoms with E-state index in [9.17, 15) is 9.18 Å². The lowest BCUT2D eigenvalue weighted by molar-refractivity contribution is -0.128. The molecule has 1 aromatic rings. The van der Waals surface area contributed by atoms with E-state index in [1.165, 1.54) is 12.1 Å². The Morgan fingerprint density at radius 1 is 1.48 bits per heavy atom. The van der Waals surface area contributed by atoms with Crippen LogP contribution in [0.5, 0.6) is 5.75 Å². The highest BCUT2D eigenvalue weighted by molar-refractivity contribution is 6.30. The van der Waals surface area contributed by atoms with E-state index in [1.54, 1.807) is 0 Å². The molecule has 1 fully saturated rings. The third-order valence-electron chi connectivity index (χ3n) is 3.49. The van der Waals surface area contributed by atoms with Gasteiger partial charge in [-0.15, -0.1) is 0 Å². The van der Waals surface area contributed by atoms with E-state index in [1.807, 2.05) is 5.01 Å². The third kappa shape index (κ3) is 4.84. The Morgan fingerprint density at radius 3 is 2.81 bits per heavy atom. The molecule has 116 valence electrons. The molecule has 5 nitrogen and oxygen atoms in total. The van der Waals surface area contributed by atoms with Crippen LogP contribution in [-0.2, 0) is 4.79 Å². The number of nitrogens with two attached hydrogens (primary N) is 1. The number of rotatable bonds is 5. The van der Waals surface area contributed by atoms with Crippen molar-refractivity contribution in [2.75, 3.05) is 26.2 Å². The molecular weight excluding hydrogens is 297 g/mol. The SMILES string of the molecule is NCC1CCN(NC(=O)COc2ccc(Cl)c(F)c2)CC1. The molecule has 21 heavy (non-hydrogen) atoms. The first-order valence-corrected chi connectivity index (χ1v) is 7.28. The smallest absolute Gasteiger partial charge is 0.272 e. The van der Waals surface area contributed by atoms with Gasteiger partial charge in [-0.05, 0) is 37.4 Å². The summed E-state index contributed by atoms with van der Waals surface area (Å²) in [6, 6.07) is 4.06. The zero-order valence-corrected chi connectivity index (χ0v) is 12.4. The van der Waals surface area contributed by atoms with Crippen molar-refractivity contribution in [3.8, 4) is 5.75 Å². The van der Waals surface area contributed by atoms with E-state index in [0.29, 0.717) is 12.5 Å². The number of benzene rings is 1. The summed E-state index contributed by atoms with van der Waals surface area (Å²) >= 11 is 5.57. The monoisotopic (exact) mass is 315 g/mol. The van der Waals surface area contributed by atoms with Crippen molar-refractivity contribution in [1.82, 2.24) is 10.4 Å². The molecule has 0 atom stereocenters. The molecule has 0 spiro atoms. The Bertz CT molecular complexity index is 493. The average molecular weight is 316 g/mol. The van der Waals surface area contributed by atoms with E-state index < -0.39 is 5.82 Å². The van der Waals surface area contributed by atoms with Crippen molar-refractivity contribution >= 4 is 17.5 Å². The second kappa shape index (κ2) is 7.59. The molecule has 1 aliphatic heterocycles. The second-order valence-electron chi connectivity index (χ2n) is 5.07. The van der Waals surface area contributed by atoms with Gasteiger partial charge in [-0.25, -0.2) is 9.40 Å². The van der Waals surface area contributed by atoms with Crippen molar-refractivity contribution < 1.29 is 13.9 Å². The highest BCUT2D eigenvalue weighted by Crippen LogP contribution is 2.20. The van der Waals surface area contributed by atoms with Gasteiger partial charge in [0, 0.05) is 19.2 Å². The Morgan fingerprint density at radius 2 is 2.19 bits per heavy atom. The van der Waals surface area contributed by atoms with Gasteiger partial charge in [-0.3, -0.25) is 10.2 Å². The predicted octanol–water partition coefficient (Wildman–Crippen LogP) is 1.56. The lowest BCUT2D eigenvalue weighted by atomic mass is 9.98. The average Bonchev–Trinajstić information content (AvgIpc) is 2.49. The minimum absolute atomic E-state index is 0.0228. The second-order valence-corrected chi connectivity index (χ2v) is 5.47. The summed E-state index contributed by atoms with van der Waals surface area (Å²) in [5.74, 6) is -0.0321. The number of amides is 1. The van der Waals surface area contributed by atoms with Crippen LogP contribution in [0.15, 0.2) is 18.2 Å². The van der Waals surface area contributed by atoms with Crippen LogP contribution in [0.1, 0.15) is 12.8 Å². The van der Waals surface area contributed by atoms with Crippen LogP contribution >= 0.6 is 11.6 Å². The summed E-state index contributed by atoms with van der Waals surface area (Å²) in [6.07, 6.45) is 1.94. The number of hydrogen-bond acceptors (Lipinski definition) is 4. The number of ether oxygens (including phenoxy) is 1. The minimum atomic E-state index is -0.571. The molecule has 1 heterocycles. The molecule has 0 bridgehead atoms. The van der Waals surface area contributed by atoms with E-state index in [2.05, 4.69) is 5.43 Å². The van der Waals surface area contributed by atoms with Gasteiger partial charge < -0.3 is 10.5 Å². The van der Waals surface area contributed by atoms with Crippen molar-refractivity contribution in [1.29, 1.82) is 0 Å². The summed E-state index contributed by atoms with van der Waals surface area (Å²) in [5.41, 5.74) is 8.39. The van der Waals surface area contributed by atoms with Crippen LogP contribution in [0.2, 0.25) is 5.02 Å². The fraction of sp³-hybridized carbons (Fsp3) is 0.500. The zero-order valence-electron chi connectivity index (χ0n) is 11.6. The zero-order chi connectivity index (χ0) is 15.2. The van der Waals surface area contributed by atoms with E-state index in [-0.39, 0.29) is 23.3 Å². The van der Waals surface area contributed by atoms with Crippen LogP contribution in [0.4, 0.5) is 4.39 Å². The molecule has 7 heteroatoms. The van der Waals surface area contributed by atoms with E-state index in [0.717, 1.165) is 32.0 Å². The summed E-state index contributed by atoms with van der Waals surface area (Å²) in [6.45, 7) is 2.08. The van der Waals surface area contributed by atoms with Crippen LogP contribution in [0.25, 0.3) is 0 Å².